The van der Waals surface area contributed by atoms with E-state index in [1.807, 2.05) is 18.2 Å². The second kappa shape index (κ2) is 5.65. The van der Waals surface area contributed by atoms with Gasteiger partial charge in [-0.25, -0.2) is 0 Å². The van der Waals surface area contributed by atoms with Crippen LogP contribution in [0.25, 0.3) is 0 Å². The number of hydrogen-bond donors (Lipinski definition) is 1. The van der Waals surface area contributed by atoms with Crippen LogP contribution in [0.3, 0.4) is 0 Å². The lowest BCUT2D eigenvalue weighted by atomic mass is 9.70. The minimum atomic E-state index is -0.0878. The summed E-state index contributed by atoms with van der Waals surface area (Å²) in [6, 6.07) is 16.8. The Kier molecular flexibility index (Phi) is 3.83. The van der Waals surface area contributed by atoms with E-state index >= 15 is 0 Å². The van der Waals surface area contributed by atoms with E-state index < -0.39 is 0 Å². The zero-order valence-electron chi connectivity index (χ0n) is 13.6. The van der Waals surface area contributed by atoms with E-state index in [0.717, 1.165) is 17.0 Å². The molecular formula is C19H23NO2. The Morgan fingerprint density at radius 3 is 2.32 bits per heavy atom. The van der Waals surface area contributed by atoms with Crippen LogP contribution in [0, 0.1) is 5.41 Å². The molecule has 3 nitrogen and oxygen atoms in total. The van der Waals surface area contributed by atoms with Crippen molar-refractivity contribution in [1.29, 1.82) is 0 Å². The number of anilines is 1. The van der Waals surface area contributed by atoms with Gasteiger partial charge in [0.15, 0.2) is 0 Å². The molecule has 1 N–H and O–H groups in total. The van der Waals surface area contributed by atoms with E-state index in [1.54, 1.807) is 14.2 Å². The van der Waals surface area contributed by atoms with Gasteiger partial charge in [0, 0.05) is 18.1 Å². The number of fused-ring (bicyclic) bond motifs is 1. The lowest BCUT2D eigenvalue weighted by Crippen LogP contribution is -2.39. The first-order chi connectivity index (χ1) is 10.6. The minimum Gasteiger partial charge on any atom is -0.495 e. The van der Waals surface area contributed by atoms with Gasteiger partial charge >= 0.3 is 0 Å². The molecule has 1 heterocycles. The Morgan fingerprint density at radius 1 is 0.955 bits per heavy atom. The highest BCUT2D eigenvalue weighted by Gasteiger charge is 2.45. The zero-order chi connectivity index (χ0) is 15.7. The maximum absolute atomic E-state index is 5.89. The van der Waals surface area contributed by atoms with Crippen molar-refractivity contribution >= 4 is 5.69 Å². The van der Waals surface area contributed by atoms with E-state index in [4.69, 9.17) is 9.47 Å². The molecular weight excluding hydrogens is 274 g/mol. The van der Waals surface area contributed by atoms with Crippen LogP contribution >= 0.6 is 0 Å². The Balaban J connectivity index is 2.15. The number of nitrogens with one attached hydrogen (secondary N) is 1. The smallest absolute Gasteiger partial charge is 0.142 e. The number of benzene rings is 2. The van der Waals surface area contributed by atoms with Crippen LogP contribution in [0.4, 0.5) is 5.69 Å². The lowest BCUT2D eigenvalue weighted by molar-refractivity contribution is -0.0109. The van der Waals surface area contributed by atoms with Gasteiger partial charge in [0.05, 0.1) is 24.9 Å². The van der Waals surface area contributed by atoms with E-state index in [-0.39, 0.29) is 17.6 Å². The Hall–Kier alpha value is -2.00. The molecule has 0 aliphatic carbocycles. The molecule has 1 aliphatic heterocycles. The third kappa shape index (κ3) is 2.26. The summed E-state index contributed by atoms with van der Waals surface area (Å²) >= 11 is 0. The molecule has 0 aromatic heterocycles. The predicted octanol–water partition coefficient (Wildman–Crippen LogP) is 4.58. The van der Waals surface area contributed by atoms with E-state index in [9.17, 15) is 0 Å². The molecule has 2 unspecified atom stereocenters. The maximum Gasteiger partial charge on any atom is 0.142 e. The lowest BCUT2D eigenvalue weighted by Gasteiger charge is -2.46. The molecule has 1 aliphatic rings. The monoisotopic (exact) mass is 297 g/mol. The van der Waals surface area contributed by atoms with Crippen LogP contribution in [0.5, 0.6) is 5.75 Å². The summed E-state index contributed by atoms with van der Waals surface area (Å²) in [6.45, 7) is 4.49. The minimum absolute atomic E-state index is 0.00376. The molecule has 0 amide bonds. The maximum atomic E-state index is 5.89. The first kappa shape index (κ1) is 14.9. The molecule has 0 saturated carbocycles. The fourth-order valence-corrected chi connectivity index (χ4v) is 3.56. The number of rotatable bonds is 3. The summed E-state index contributed by atoms with van der Waals surface area (Å²) in [5, 5.41) is 3.68. The molecule has 116 valence electrons. The SMILES string of the molecule is COc1cccc2c1NC(c1ccccc1)C(C)(C)C2OC. The summed E-state index contributed by atoms with van der Waals surface area (Å²) in [6.07, 6.45) is 0.00376. The Bertz CT molecular complexity index is 652. The van der Waals surface area contributed by atoms with Crippen molar-refractivity contribution in [1.82, 2.24) is 0 Å². The molecule has 2 aromatic rings. The third-order valence-electron chi connectivity index (χ3n) is 4.64. The topological polar surface area (TPSA) is 30.5 Å². The molecule has 22 heavy (non-hydrogen) atoms. The van der Waals surface area contributed by atoms with Gasteiger partial charge in [0.2, 0.25) is 0 Å². The highest BCUT2D eigenvalue weighted by Crippen LogP contribution is 2.54. The number of para-hydroxylation sites is 1. The van der Waals surface area contributed by atoms with Crippen LogP contribution in [-0.2, 0) is 4.74 Å². The van der Waals surface area contributed by atoms with Gasteiger partial charge in [-0.2, -0.15) is 0 Å². The van der Waals surface area contributed by atoms with Gasteiger partial charge in [-0.05, 0) is 11.6 Å². The zero-order valence-corrected chi connectivity index (χ0v) is 13.6. The van der Waals surface area contributed by atoms with E-state index in [0.29, 0.717) is 0 Å². The Morgan fingerprint density at radius 2 is 1.68 bits per heavy atom. The molecule has 2 atom stereocenters. The number of methoxy groups -OCH3 is 2. The van der Waals surface area contributed by atoms with Crippen molar-refractivity contribution in [3.63, 3.8) is 0 Å². The van der Waals surface area contributed by atoms with Gasteiger partial charge in [0.1, 0.15) is 5.75 Å². The average Bonchev–Trinajstić information content (AvgIpc) is 2.53. The fraction of sp³-hybridized carbons (Fsp3) is 0.368. The molecule has 0 fully saturated rings. The van der Waals surface area contributed by atoms with Crippen molar-refractivity contribution in [2.75, 3.05) is 19.5 Å². The molecule has 3 rings (SSSR count). The largest absolute Gasteiger partial charge is 0.495 e. The molecule has 2 aromatic carbocycles. The average molecular weight is 297 g/mol. The van der Waals surface area contributed by atoms with Crippen molar-refractivity contribution < 1.29 is 9.47 Å². The van der Waals surface area contributed by atoms with Crippen LogP contribution in [-0.4, -0.2) is 14.2 Å². The molecule has 0 saturated heterocycles. The van der Waals surface area contributed by atoms with Gasteiger partial charge < -0.3 is 14.8 Å². The quantitative estimate of drug-likeness (QED) is 0.899. The Labute approximate surface area is 132 Å². The molecule has 0 spiro atoms. The van der Waals surface area contributed by atoms with Gasteiger partial charge in [-0.15, -0.1) is 0 Å². The molecule has 3 heteroatoms. The summed E-state index contributed by atoms with van der Waals surface area (Å²) in [7, 11) is 3.49. The predicted molar refractivity (Wildman–Crippen MR) is 89.3 cm³/mol. The van der Waals surface area contributed by atoms with Gasteiger partial charge in [-0.3, -0.25) is 0 Å². The fourth-order valence-electron chi connectivity index (χ4n) is 3.56. The number of hydrogen-bond acceptors (Lipinski definition) is 3. The third-order valence-corrected chi connectivity index (χ3v) is 4.64. The van der Waals surface area contributed by atoms with Crippen molar-refractivity contribution in [3.05, 3.63) is 59.7 Å². The van der Waals surface area contributed by atoms with E-state index in [1.165, 1.54) is 5.56 Å². The number of ether oxygens (including phenoxy) is 2. The van der Waals surface area contributed by atoms with Crippen LogP contribution in [0.15, 0.2) is 48.5 Å². The van der Waals surface area contributed by atoms with Gasteiger partial charge in [0.25, 0.3) is 0 Å². The normalized spacial score (nSPS) is 22.5. The van der Waals surface area contributed by atoms with Crippen LogP contribution < -0.4 is 10.1 Å². The molecule has 0 radical (unpaired) electrons. The summed E-state index contributed by atoms with van der Waals surface area (Å²) in [4.78, 5) is 0. The van der Waals surface area contributed by atoms with Gasteiger partial charge in [-0.1, -0.05) is 56.3 Å². The standard InChI is InChI=1S/C19H23NO2/c1-19(2)17(13-9-6-5-7-10-13)20-16-14(18(19)22-4)11-8-12-15(16)21-3/h5-12,17-18,20H,1-4H3. The first-order valence-electron chi connectivity index (χ1n) is 7.60. The second-order valence-electron chi connectivity index (χ2n) is 6.35. The highest BCUT2D eigenvalue weighted by molar-refractivity contribution is 5.66. The summed E-state index contributed by atoms with van der Waals surface area (Å²) in [5.41, 5.74) is 3.35. The molecule has 0 bridgehead atoms. The summed E-state index contributed by atoms with van der Waals surface area (Å²) < 4.78 is 11.4. The van der Waals surface area contributed by atoms with Crippen molar-refractivity contribution in [2.24, 2.45) is 5.41 Å². The van der Waals surface area contributed by atoms with Crippen molar-refractivity contribution in [2.45, 2.75) is 26.0 Å². The van der Waals surface area contributed by atoms with E-state index in [2.05, 4.69) is 49.5 Å². The van der Waals surface area contributed by atoms with Crippen molar-refractivity contribution in [3.8, 4) is 5.75 Å². The first-order valence-corrected chi connectivity index (χ1v) is 7.60. The highest BCUT2D eigenvalue weighted by atomic mass is 16.5. The second-order valence-corrected chi connectivity index (χ2v) is 6.35. The van der Waals surface area contributed by atoms with Crippen LogP contribution in [0.2, 0.25) is 0 Å². The van der Waals surface area contributed by atoms with Crippen LogP contribution in [0.1, 0.15) is 37.1 Å². The summed E-state index contributed by atoms with van der Waals surface area (Å²) in [5.74, 6) is 0.857.